The molecule has 1 heterocycles. The fourth-order valence-electron chi connectivity index (χ4n) is 2.35. The lowest BCUT2D eigenvalue weighted by Crippen LogP contribution is -2.26. The fourth-order valence-corrected chi connectivity index (χ4v) is 2.49. The lowest BCUT2D eigenvalue weighted by Gasteiger charge is -2.11. The number of nitrogens with one attached hydrogen (secondary N) is 1. The molecule has 0 aliphatic rings. The quantitative estimate of drug-likeness (QED) is 0.720. The molecule has 1 aromatic heterocycles. The van der Waals surface area contributed by atoms with Crippen LogP contribution in [0.5, 0.6) is 0 Å². The van der Waals surface area contributed by atoms with E-state index < -0.39 is 0 Å². The maximum Gasteiger partial charge on any atom is 0.251 e. The number of nitrogens with two attached hydrogens (primary N) is 1. The van der Waals surface area contributed by atoms with Gasteiger partial charge in [-0.05, 0) is 31.2 Å². The monoisotopic (exact) mass is 324 g/mol. The molecule has 23 heavy (non-hydrogen) atoms. The standard InChI is InChI=1S/C18H16N2O2S/c1-11(16-10-14-4-2-3-5-15(14)22-16)20-18(21)13-8-6-12(7-9-13)17(19)23/h2-11H,1H3,(H2,19,23)(H,20,21)/t11-/m0/s1. The Bertz CT molecular complexity index is 835. The lowest BCUT2D eigenvalue weighted by molar-refractivity contribution is 0.0935. The molecule has 0 radical (unpaired) electrons. The number of furan rings is 1. The molecule has 4 nitrogen and oxygen atoms in total. The second-order valence-corrected chi connectivity index (χ2v) is 5.76. The van der Waals surface area contributed by atoms with E-state index in [1.54, 1.807) is 24.3 Å². The van der Waals surface area contributed by atoms with Gasteiger partial charge in [-0.1, -0.05) is 42.5 Å². The summed E-state index contributed by atoms with van der Waals surface area (Å²) in [7, 11) is 0. The van der Waals surface area contributed by atoms with Crippen LogP contribution in [0.15, 0.2) is 59.0 Å². The molecule has 0 saturated heterocycles. The Morgan fingerprint density at radius 1 is 1.13 bits per heavy atom. The van der Waals surface area contributed by atoms with E-state index in [0.717, 1.165) is 22.3 Å². The van der Waals surface area contributed by atoms with Crippen molar-refractivity contribution in [3.05, 3.63) is 71.5 Å². The van der Waals surface area contributed by atoms with Gasteiger partial charge < -0.3 is 15.5 Å². The van der Waals surface area contributed by atoms with Crippen LogP contribution in [0.1, 0.15) is 34.6 Å². The van der Waals surface area contributed by atoms with Crippen LogP contribution in [0.25, 0.3) is 11.0 Å². The van der Waals surface area contributed by atoms with Gasteiger partial charge in [-0.25, -0.2) is 0 Å². The molecule has 0 fully saturated rings. The van der Waals surface area contributed by atoms with Crippen LogP contribution < -0.4 is 11.1 Å². The third kappa shape index (κ3) is 3.24. The average Bonchev–Trinajstić information content (AvgIpc) is 2.99. The van der Waals surface area contributed by atoms with E-state index >= 15 is 0 Å². The molecule has 1 atom stereocenters. The van der Waals surface area contributed by atoms with Crippen molar-refractivity contribution >= 4 is 34.1 Å². The Morgan fingerprint density at radius 3 is 2.43 bits per heavy atom. The zero-order valence-corrected chi connectivity index (χ0v) is 13.4. The summed E-state index contributed by atoms with van der Waals surface area (Å²) >= 11 is 4.90. The Kier molecular flexibility index (Phi) is 4.12. The van der Waals surface area contributed by atoms with Crippen LogP contribution in [0.2, 0.25) is 0 Å². The third-order valence-electron chi connectivity index (χ3n) is 3.65. The molecule has 5 heteroatoms. The maximum absolute atomic E-state index is 12.3. The largest absolute Gasteiger partial charge is 0.459 e. The van der Waals surface area contributed by atoms with Crippen LogP contribution >= 0.6 is 12.2 Å². The van der Waals surface area contributed by atoms with Crippen LogP contribution in [-0.2, 0) is 0 Å². The zero-order valence-electron chi connectivity index (χ0n) is 12.6. The minimum Gasteiger partial charge on any atom is -0.459 e. The van der Waals surface area contributed by atoms with E-state index in [0.29, 0.717) is 10.6 Å². The van der Waals surface area contributed by atoms with Crippen LogP contribution in [0.3, 0.4) is 0 Å². The van der Waals surface area contributed by atoms with Gasteiger partial charge in [-0.2, -0.15) is 0 Å². The van der Waals surface area contributed by atoms with Crippen molar-refractivity contribution in [2.75, 3.05) is 0 Å². The number of rotatable bonds is 4. The normalized spacial score (nSPS) is 12.0. The highest BCUT2D eigenvalue weighted by Crippen LogP contribution is 2.23. The Hall–Kier alpha value is -2.66. The van der Waals surface area contributed by atoms with Crippen molar-refractivity contribution < 1.29 is 9.21 Å². The van der Waals surface area contributed by atoms with Crippen LogP contribution in [0, 0.1) is 0 Å². The first kappa shape index (κ1) is 15.2. The number of hydrogen-bond donors (Lipinski definition) is 2. The highest BCUT2D eigenvalue weighted by atomic mass is 32.1. The number of para-hydroxylation sites is 1. The summed E-state index contributed by atoms with van der Waals surface area (Å²) in [5, 5.41) is 3.94. The number of hydrogen-bond acceptors (Lipinski definition) is 3. The first-order chi connectivity index (χ1) is 11.0. The number of thiocarbonyl (C=S) groups is 1. The molecule has 3 aromatic rings. The Balaban J connectivity index is 1.74. The second-order valence-electron chi connectivity index (χ2n) is 5.32. The summed E-state index contributed by atoms with van der Waals surface area (Å²) in [5.41, 5.74) is 7.65. The molecule has 3 N–H and O–H groups in total. The average molecular weight is 324 g/mol. The first-order valence-electron chi connectivity index (χ1n) is 7.24. The highest BCUT2D eigenvalue weighted by molar-refractivity contribution is 7.80. The summed E-state index contributed by atoms with van der Waals surface area (Å²) in [6.07, 6.45) is 0. The highest BCUT2D eigenvalue weighted by Gasteiger charge is 2.15. The molecule has 0 spiro atoms. The van der Waals surface area contributed by atoms with E-state index in [-0.39, 0.29) is 11.9 Å². The molecule has 1 amide bonds. The predicted molar refractivity (Wildman–Crippen MR) is 94.4 cm³/mol. The topological polar surface area (TPSA) is 68.3 Å². The summed E-state index contributed by atoms with van der Waals surface area (Å²) in [4.78, 5) is 12.6. The molecule has 0 bridgehead atoms. The minimum atomic E-state index is -0.231. The predicted octanol–water partition coefficient (Wildman–Crippen LogP) is 3.56. The number of fused-ring (bicyclic) bond motifs is 1. The molecule has 3 rings (SSSR count). The van der Waals surface area contributed by atoms with Gasteiger partial charge in [-0.15, -0.1) is 0 Å². The Morgan fingerprint density at radius 2 is 1.78 bits per heavy atom. The molecule has 2 aromatic carbocycles. The van der Waals surface area contributed by atoms with Crippen LogP contribution in [0.4, 0.5) is 0 Å². The lowest BCUT2D eigenvalue weighted by atomic mass is 10.1. The molecule has 0 saturated carbocycles. The molecule has 0 aliphatic heterocycles. The zero-order chi connectivity index (χ0) is 16.4. The van der Waals surface area contributed by atoms with Crippen molar-refractivity contribution in [1.29, 1.82) is 0 Å². The van der Waals surface area contributed by atoms with Gasteiger partial charge in [0, 0.05) is 16.5 Å². The maximum atomic E-state index is 12.3. The van der Waals surface area contributed by atoms with Crippen molar-refractivity contribution in [2.45, 2.75) is 13.0 Å². The van der Waals surface area contributed by atoms with E-state index in [2.05, 4.69) is 5.32 Å². The van der Waals surface area contributed by atoms with Crippen molar-refractivity contribution in [2.24, 2.45) is 5.73 Å². The molecule has 0 aliphatic carbocycles. The van der Waals surface area contributed by atoms with Crippen molar-refractivity contribution in [3.8, 4) is 0 Å². The smallest absolute Gasteiger partial charge is 0.251 e. The van der Waals surface area contributed by atoms with E-state index in [9.17, 15) is 4.79 Å². The van der Waals surface area contributed by atoms with Gasteiger partial charge in [0.1, 0.15) is 16.3 Å². The van der Waals surface area contributed by atoms with E-state index in [1.165, 1.54) is 0 Å². The van der Waals surface area contributed by atoms with Gasteiger partial charge in [0.2, 0.25) is 0 Å². The van der Waals surface area contributed by atoms with Crippen LogP contribution in [-0.4, -0.2) is 10.9 Å². The van der Waals surface area contributed by atoms with Gasteiger partial charge in [0.15, 0.2) is 0 Å². The van der Waals surface area contributed by atoms with Crippen molar-refractivity contribution in [1.82, 2.24) is 5.32 Å². The van der Waals surface area contributed by atoms with Gasteiger partial charge >= 0.3 is 0 Å². The number of carbonyl (C=O) groups excluding carboxylic acids is 1. The number of carbonyl (C=O) groups is 1. The van der Waals surface area contributed by atoms with Gasteiger partial charge in [0.05, 0.1) is 6.04 Å². The summed E-state index contributed by atoms with van der Waals surface area (Å²) < 4.78 is 5.77. The van der Waals surface area contributed by atoms with Crippen molar-refractivity contribution in [3.63, 3.8) is 0 Å². The second kappa shape index (κ2) is 6.22. The fraction of sp³-hybridized carbons (Fsp3) is 0.111. The molecule has 116 valence electrons. The number of amides is 1. The molecular formula is C18H16N2O2S. The first-order valence-corrected chi connectivity index (χ1v) is 7.64. The summed E-state index contributed by atoms with van der Waals surface area (Å²) in [6, 6.07) is 16.3. The third-order valence-corrected chi connectivity index (χ3v) is 3.89. The Labute approximate surface area is 139 Å². The molecule has 0 unspecified atom stereocenters. The number of benzene rings is 2. The van der Waals surface area contributed by atoms with Gasteiger partial charge in [0.25, 0.3) is 5.91 Å². The minimum absolute atomic E-state index is 0.174. The summed E-state index contributed by atoms with van der Waals surface area (Å²) in [6.45, 7) is 1.89. The SMILES string of the molecule is C[C@H](NC(=O)c1ccc(C(N)=S)cc1)c1cc2ccccc2o1. The summed E-state index contributed by atoms with van der Waals surface area (Å²) in [5.74, 6) is 0.548. The van der Waals surface area contributed by atoms with E-state index in [4.69, 9.17) is 22.4 Å². The van der Waals surface area contributed by atoms with E-state index in [1.807, 2.05) is 37.3 Å². The van der Waals surface area contributed by atoms with Gasteiger partial charge in [-0.3, -0.25) is 4.79 Å². The molecular weight excluding hydrogens is 308 g/mol.